The van der Waals surface area contributed by atoms with E-state index in [0.717, 1.165) is 12.3 Å². The Hall–Kier alpha value is -1.01. The highest BCUT2D eigenvalue weighted by atomic mass is 19.4. The van der Waals surface area contributed by atoms with E-state index in [9.17, 15) is 13.2 Å². The molecule has 1 aromatic heterocycles. The van der Waals surface area contributed by atoms with Crippen LogP contribution in [0.2, 0.25) is 0 Å². The molecule has 1 atom stereocenters. The topological polar surface area (TPSA) is 59.4 Å². The van der Waals surface area contributed by atoms with Crippen molar-refractivity contribution < 1.29 is 22.7 Å². The third-order valence-electron chi connectivity index (χ3n) is 1.52. The molecule has 0 radical (unpaired) electrons. The van der Waals surface area contributed by atoms with Gasteiger partial charge < -0.3 is 15.3 Å². The van der Waals surface area contributed by atoms with Crippen LogP contribution in [0.15, 0.2) is 16.7 Å². The number of furan rings is 1. The number of aliphatic hydroxyl groups excluding tert-OH is 1. The van der Waals surface area contributed by atoms with Crippen molar-refractivity contribution in [1.82, 2.24) is 0 Å². The molecule has 0 aliphatic carbocycles. The van der Waals surface area contributed by atoms with E-state index in [0.29, 0.717) is 0 Å². The van der Waals surface area contributed by atoms with E-state index in [1.807, 2.05) is 0 Å². The lowest BCUT2D eigenvalue weighted by Gasteiger charge is -2.02. The van der Waals surface area contributed by atoms with Gasteiger partial charge in [-0.2, -0.15) is 13.2 Å². The third-order valence-corrected chi connectivity index (χ3v) is 1.52. The fourth-order valence-corrected chi connectivity index (χ4v) is 0.799. The molecule has 1 heterocycles. The number of alkyl halides is 3. The predicted octanol–water partition coefficient (Wildman–Crippen LogP) is 1.29. The Kier molecular flexibility index (Phi) is 2.63. The van der Waals surface area contributed by atoms with Gasteiger partial charge in [-0.15, -0.1) is 0 Å². The minimum absolute atomic E-state index is 0.134. The van der Waals surface area contributed by atoms with Gasteiger partial charge in [-0.25, -0.2) is 0 Å². The first-order chi connectivity index (χ1) is 5.95. The molecule has 0 fully saturated rings. The zero-order valence-corrected chi connectivity index (χ0v) is 6.51. The highest BCUT2D eigenvalue weighted by Crippen LogP contribution is 2.31. The second-order valence-corrected chi connectivity index (χ2v) is 2.53. The van der Waals surface area contributed by atoms with Crippen molar-refractivity contribution in [2.75, 3.05) is 6.61 Å². The standard InChI is InChI=1S/C7H8F3NO2/c8-7(9,10)6-1-4(3-13-6)5(11)2-12/h1,3,5,12H,2,11H2/t5-/m1/s1. The van der Waals surface area contributed by atoms with Gasteiger partial charge in [0.1, 0.15) is 0 Å². The van der Waals surface area contributed by atoms with Crippen LogP contribution in [0.25, 0.3) is 0 Å². The van der Waals surface area contributed by atoms with Gasteiger partial charge in [0.2, 0.25) is 5.76 Å². The van der Waals surface area contributed by atoms with E-state index < -0.39 is 24.6 Å². The molecule has 0 aliphatic heterocycles. The molecule has 3 nitrogen and oxygen atoms in total. The minimum atomic E-state index is -4.51. The van der Waals surface area contributed by atoms with Gasteiger partial charge in [0, 0.05) is 5.56 Å². The Morgan fingerprint density at radius 2 is 2.15 bits per heavy atom. The van der Waals surface area contributed by atoms with Gasteiger partial charge in [-0.1, -0.05) is 0 Å². The summed E-state index contributed by atoms with van der Waals surface area (Å²) in [5, 5.41) is 8.55. The van der Waals surface area contributed by atoms with E-state index in [1.165, 1.54) is 0 Å². The fraction of sp³-hybridized carbons (Fsp3) is 0.429. The molecule has 1 rings (SSSR count). The summed E-state index contributed by atoms with van der Waals surface area (Å²) in [4.78, 5) is 0. The largest absolute Gasteiger partial charge is 0.459 e. The summed E-state index contributed by atoms with van der Waals surface area (Å²) < 4.78 is 40.2. The van der Waals surface area contributed by atoms with Crippen molar-refractivity contribution in [1.29, 1.82) is 0 Å². The first kappa shape index (κ1) is 10.1. The van der Waals surface area contributed by atoms with Crippen LogP contribution >= 0.6 is 0 Å². The van der Waals surface area contributed by atoms with Crippen molar-refractivity contribution in [3.05, 3.63) is 23.7 Å². The summed E-state index contributed by atoms with van der Waals surface area (Å²) in [6.45, 7) is -0.420. The molecule has 0 bridgehead atoms. The van der Waals surface area contributed by atoms with Crippen LogP contribution in [-0.2, 0) is 6.18 Å². The lowest BCUT2D eigenvalue weighted by atomic mass is 10.2. The summed E-state index contributed by atoms with van der Waals surface area (Å²) in [6.07, 6.45) is -3.61. The van der Waals surface area contributed by atoms with Gasteiger partial charge >= 0.3 is 6.18 Å². The third kappa shape index (κ3) is 2.22. The molecule has 1 aromatic rings. The molecule has 3 N–H and O–H groups in total. The quantitative estimate of drug-likeness (QED) is 0.747. The lowest BCUT2D eigenvalue weighted by molar-refractivity contribution is -0.153. The lowest BCUT2D eigenvalue weighted by Crippen LogP contribution is -2.13. The van der Waals surface area contributed by atoms with Gasteiger partial charge in [0.05, 0.1) is 18.9 Å². The summed E-state index contributed by atoms with van der Waals surface area (Å²) in [5.41, 5.74) is 5.41. The number of halogens is 3. The average Bonchev–Trinajstić information content (AvgIpc) is 2.50. The van der Waals surface area contributed by atoms with Crippen LogP contribution in [0.5, 0.6) is 0 Å². The summed E-state index contributed by atoms with van der Waals surface area (Å²) >= 11 is 0. The number of hydrogen-bond acceptors (Lipinski definition) is 3. The molecule has 0 aliphatic rings. The maximum atomic E-state index is 12.0. The second kappa shape index (κ2) is 3.39. The van der Waals surface area contributed by atoms with Crippen molar-refractivity contribution in [2.24, 2.45) is 5.73 Å². The average molecular weight is 195 g/mol. The molecule has 6 heteroatoms. The molecular weight excluding hydrogens is 187 g/mol. The Morgan fingerprint density at radius 3 is 2.54 bits per heavy atom. The number of hydrogen-bond donors (Lipinski definition) is 2. The SMILES string of the molecule is N[C@H](CO)c1coc(C(F)(F)F)c1. The Bertz CT molecular complexity index is 282. The highest BCUT2D eigenvalue weighted by Gasteiger charge is 2.35. The molecule has 0 unspecified atom stereocenters. The first-order valence-electron chi connectivity index (χ1n) is 3.47. The molecule has 0 amide bonds. The van der Waals surface area contributed by atoms with E-state index >= 15 is 0 Å². The number of rotatable bonds is 2. The van der Waals surface area contributed by atoms with Crippen LogP contribution in [-0.4, -0.2) is 11.7 Å². The van der Waals surface area contributed by atoms with Crippen molar-refractivity contribution in [3.63, 3.8) is 0 Å². The van der Waals surface area contributed by atoms with Crippen molar-refractivity contribution >= 4 is 0 Å². The van der Waals surface area contributed by atoms with Crippen LogP contribution in [0, 0.1) is 0 Å². The van der Waals surface area contributed by atoms with E-state index in [-0.39, 0.29) is 5.56 Å². The number of nitrogens with two attached hydrogens (primary N) is 1. The molecule has 0 spiro atoms. The zero-order valence-electron chi connectivity index (χ0n) is 6.51. The zero-order chi connectivity index (χ0) is 10.1. The maximum Gasteiger partial charge on any atom is 0.449 e. The Morgan fingerprint density at radius 1 is 1.54 bits per heavy atom. The van der Waals surface area contributed by atoms with E-state index in [4.69, 9.17) is 10.8 Å². The van der Waals surface area contributed by atoms with Gasteiger partial charge in [0.15, 0.2) is 0 Å². The normalized spacial score (nSPS) is 14.5. The Balaban J connectivity index is 2.87. The van der Waals surface area contributed by atoms with Crippen molar-refractivity contribution in [2.45, 2.75) is 12.2 Å². The van der Waals surface area contributed by atoms with Gasteiger partial charge in [-0.3, -0.25) is 0 Å². The fourth-order valence-electron chi connectivity index (χ4n) is 0.799. The van der Waals surface area contributed by atoms with E-state index in [2.05, 4.69) is 4.42 Å². The molecule has 13 heavy (non-hydrogen) atoms. The summed E-state index contributed by atoms with van der Waals surface area (Å²) in [5.74, 6) is -1.11. The molecule has 0 aromatic carbocycles. The summed E-state index contributed by atoms with van der Waals surface area (Å²) in [6, 6.07) is -0.0548. The summed E-state index contributed by atoms with van der Waals surface area (Å²) in [7, 11) is 0. The molecule has 0 saturated heterocycles. The monoisotopic (exact) mass is 195 g/mol. The predicted molar refractivity (Wildman–Crippen MR) is 37.7 cm³/mol. The maximum absolute atomic E-state index is 12.0. The number of aliphatic hydroxyl groups is 1. The molecule has 0 saturated carbocycles. The van der Waals surface area contributed by atoms with Crippen LogP contribution in [0.1, 0.15) is 17.4 Å². The van der Waals surface area contributed by atoms with Crippen molar-refractivity contribution in [3.8, 4) is 0 Å². The highest BCUT2D eigenvalue weighted by molar-refractivity contribution is 5.18. The molecule has 74 valence electrons. The Labute approximate surface area is 72.0 Å². The van der Waals surface area contributed by atoms with Gasteiger partial charge in [0.25, 0.3) is 0 Å². The van der Waals surface area contributed by atoms with Gasteiger partial charge in [-0.05, 0) is 6.07 Å². The second-order valence-electron chi connectivity index (χ2n) is 2.53. The minimum Gasteiger partial charge on any atom is -0.459 e. The molecular formula is C7H8F3NO2. The van der Waals surface area contributed by atoms with E-state index in [1.54, 1.807) is 0 Å². The van der Waals surface area contributed by atoms with Crippen LogP contribution in [0.3, 0.4) is 0 Å². The van der Waals surface area contributed by atoms with Crippen LogP contribution in [0.4, 0.5) is 13.2 Å². The first-order valence-corrected chi connectivity index (χ1v) is 3.47. The smallest absolute Gasteiger partial charge is 0.449 e. The van der Waals surface area contributed by atoms with Crippen LogP contribution < -0.4 is 5.73 Å².